The molecule has 0 fully saturated rings. The molecule has 0 atom stereocenters. The van der Waals surface area contributed by atoms with Crippen LogP contribution < -0.4 is 19.8 Å². The van der Waals surface area contributed by atoms with Crippen LogP contribution in [0.4, 0.5) is 11.4 Å². The summed E-state index contributed by atoms with van der Waals surface area (Å²) in [5, 5.41) is 0.662. The number of halogens is 2. The van der Waals surface area contributed by atoms with E-state index in [9.17, 15) is 26.2 Å². The fourth-order valence-corrected chi connectivity index (χ4v) is 7.81. The van der Waals surface area contributed by atoms with Crippen molar-refractivity contribution in [3.8, 4) is 0 Å². The number of esters is 1. The van der Waals surface area contributed by atoms with Gasteiger partial charge in [-0.25, -0.2) is 23.7 Å². The van der Waals surface area contributed by atoms with Crippen molar-refractivity contribution in [3.05, 3.63) is 69.2 Å². The Morgan fingerprint density at radius 3 is 2.33 bits per heavy atom. The second-order valence-electron chi connectivity index (χ2n) is 11.5. The van der Waals surface area contributed by atoms with Gasteiger partial charge in [0.25, 0.3) is 26.1 Å². The number of anilines is 2. The largest absolute Gasteiger partial charge is 0.465 e. The number of hydroxylamine groups is 1. The number of ether oxygens (including phenoxy) is 1. The van der Waals surface area contributed by atoms with Crippen LogP contribution in [-0.2, 0) is 58.7 Å². The predicted molar refractivity (Wildman–Crippen MR) is 199 cm³/mol. The fraction of sp³-hybridized carbons (Fsp3) is 0.455. The Morgan fingerprint density at radius 1 is 0.962 bits per heavy atom. The van der Waals surface area contributed by atoms with Crippen LogP contribution >= 0.6 is 23.2 Å². The van der Waals surface area contributed by atoms with Crippen LogP contribution in [0.1, 0.15) is 55.4 Å². The number of aryl methyl sites for hydroxylation is 2. The maximum Gasteiger partial charge on any atom is 0.339 e. The Balaban J connectivity index is 1.83. The van der Waals surface area contributed by atoms with E-state index >= 15 is 0 Å². The third kappa shape index (κ3) is 9.83. The smallest absolute Gasteiger partial charge is 0.339 e. The number of carbonyl (C=O) groups excluding carboxylic acids is 1. The van der Waals surface area contributed by atoms with E-state index in [-0.39, 0.29) is 48.9 Å². The van der Waals surface area contributed by atoms with Crippen LogP contribution in [0.2, 0.25) is 10.0 Å². The van der Waals surface area contributed by atoms with Crippen LogP contribution in [0.15, 0.2) is 42.2 Å². The molecule has 2 N–H and O–H groups in total. The zero-order chi connectivity index (χ0) is 38.2. The second kappa shape index (κ2) is 18.2. The lowest BCUT2D eigenvalue weighted by Crippen LogP contribution is -2.38. The molecule has 52 heavy (non-hydrogen) atoms. The Kier molecular flexibility index (Phi) is 14.5. The number of allylic oxidation sites excluding steroid dienone is 2. The average molecular weight is 806 g/mol. The number of fused-ring (bicyclic) bond motifs is 2. The second-order valence-corrected chi connectivity index (χ2v) is 15.6. The van der Waals surface area contributed by atoms with E-state index < -0.39 is 32.0 Å². The standard InChI is InChI=1S/C33H43Cl2N5O10S2/c1-6-36-50-52(45,46)17-11-15-40-28-19-24(33(41)47-4)26(35)21-30(28)38(8-3)32(40)13-9-12-31-37(7-2)29-20-25(34)23(22-49-48-5)18-27(29)39(31)14-10-16-51(42,43)44/h9,12-13,18-21,36H,6-8,10-11,14-17,22H2,1-5H3/p+1. The fourth-order valence-electron chi connectivity index (χ4n) is 6.00. The first-order valence-electron chi connectivity index (χ1n) is 16.5. The van der Waals surface area contributed by atoms with Crippen molar-refractivity contribution < 1.29 is 49.5 Å². The molecule has 4 rings (SSSR count). The quantitative estimate of drug-likeness (QED) is 0.0555. The summed E-state index contributed by atoms with van der Waals surface area (Å²) in [5.41, 5.74) is 6.12. The lowest BCUT2D eigenvalue weighted by Gasteiger charge is -2.24. The van der Waals surface area contributed by atoms with Crippen LogP contribution in [0.25, 0.3) is 17.1 Å². The first-order chi connectivity index (χ1) is 24.7. The topological polar surface area (TPSA) is 170 Å². The van der Waals surface area contributed by atoms with Gasteiger partial charge in [-0.1, -0.05) is 36.2 Å². The first-order valence-corrected chi connectivity index (χ1v) is 20.5. The third-order valence-corrected chi connectivity index (χ3v) is 10.9. The Morgan fingerprint density at radius 2 is 1.69 bits per heavy atom. The summed E-state index contributed by atoms with van der Waals surface area (Å²) < 4.78 is 71.3. The molecule has 286 valence electrons. The number of benzene rings is 2. The molecule has 0 aliphatic carbocycles. The number of imidazole rings is 1. The Bertz CT molecular complexity index is 2050. The minimum Gasteiger partial charge on any atom is -0.465 e. The molecule has 0 spiro atoms. The van der Waals surface area contributed by atoms with E-state index in [0.717, 1.165) is 22.7 Å². The van der Waals surface area contributed by atoms with Gasteiger partial charge in [-0.05, 0) is 38.5 Å². The van der Waals surface area contributed by atoms with Crippen molar-refractivity contribution in [2.45, 2.75) is 53.3 Å². The molecule has 0 saturated carbocycles. The van der Waals surface area contributed by atoms with Crippen LogP contribution in [0, 0.1) is 0 Å². The minimum absolute atomic E-state index is 0.0817. The molecule has 0 bridgehead atoms. The Labute approximate surface area is 314 Å². The number of hydrogen-bond donors (Lipinski definition) is 2. The van der Waals surface area contributed by atoms with E-state index in [2.05, 4.69) is 5.48 Å². The molecule has 1 aliphatic rings. The molecule has 0 radical (unpaired) electrons. The van der Waals surface area contributed by atoms with Gasteiger partial charge in [-0.15, -0.1) is 0 Å². The van der Waals surface area contributed by atoms with E-state index in [0.29, 0.717) is 41.6 Å². The monoisotopic (exact) mass is 804 g/mol. The zero-order valence-corrected chi connectivity index (χ0v) is 32.7. The first kappa shape index (κ1) is 41.5. The lowest BCUT2D eigenvalue weighted by molar-refractivity contribution is -0.673. The molecule has 0 saturated heterocycles. The van der Waals surface area contributed by atoms with E-state index in [4.69, 9.17) is 42.0 Å². The summed E-state index contributed by atoms with van der Waals surface area (Å²) >= 11 is 13.2. The van der Waals surface area contributed by atoms with Gasteiger partial charge in [-0.2, -0.15) is 26.6 Å². The number of nitrogens with zero attached hydrogens (tertiary/aromatic N) is 4. The van der Waals surface area contributed by atoms with Crippen molar-refractivity contribution in [2.24, 2.45) is 0 Å². The van der Waals surface area contributed by atoms with Gasteiger partial charge in [0.1, 0.15) is 12.4 Å². The molecular formula is C33H44Cl2N5O10S2+. The van der Waals surface area contributed by atoms with Crippen molar-refractivity contribution in [2.75, 3.05) is 55.2 Å². The van der Waals surface area contributed by atoms with E-state index in [1.807, 2.05) is 63.1 Å². The molecule has 2 aromatic carbocycles. The number of nitrogens with one attached hydrogen (secondary N) is 1. The highest BCUT2D eigenvalue weighted by Crippen LogP contribution is 2.44. The highest BCUT2D eigenvalue weighted by atomic mass is 35.5. The predicted octanol–water partition coefficient (Wildman–Crippen LogP) is 4.86. The number of carbonyl (C=O) groups is 1. The van der Waals surface area contributed by atoms with E-state index in [1.165, 1.54) is 14.2 Å². The van der Waals surface area contributed by atoms with Crippen molar-refractivity contribution in [1.29, 1.82) is 0 Å². The number of methoxy groups -OCH3 is 1. The molecule has 0 unspecified atom stereocenters. The maximum absolute atomic E-state index is 12.6. The number of hydrogen-bond acceptors (Lipinski definition) is 12. The number of rotatable bonds is 19. The normalized spacial score (nSPS) is 14.3. The van der Waals surface area contributed by atoms with Crippen LogP contribution in [0.3, 0.4) is 0 Å². The highest BCUT2D eigenvalue weighted by Gasteiger charge is 2.32. The SMILES string of the molecule is CCNOS(=O)(=O)CCC[n+]1c(/C=C/C=C2\N(CC)c3cc(Cl)c(COOC)cc3N2CCCS(=O)(=O)O)n(CC)c2cc(Cl)c(C(=O)OC)cc21. The molecular weight excluding hydrogens is 761 g/mol. The van der Waals surface area contributed by atoms with Crippen LogP contribution in [0.5, 0.6) is 0 Å². The van der Waals surface area contributed by atoms with Crippen LogP contribution in [-0.4, -0.2) is 77.3 Å². The summed E-state index contributed by atoms with van der Waals surface area (Å²) in [6.45, 7) is 7.58. The van der Waals surface area contributed by atoms with Gasteiger partial charge in [-0.3, -0.25) is 4.55 Å². The van der Waals surface area contributed by atoms with Crippen molar-refractivity contribution in [3.63, 3.8) is 0 Å². The molecule has 15 nitrogen and oxygen atoms in total. The minimum atomic E-state index is -4.19. The van der Waals surface area contributed by atoms with E-state index in [1.54, 1.807) is 19.1 Å². The van der Waals surface area contributed by atoms with Gasteiger partial charge < -0.3 is 14.5 Å². The van der Waals surface area contributed by atoms with Gasteiger partial charge in [0, 0.05) is 54.8 Å². The average Bonchev–Trinajstić information content (AvgIpc) is 3.54. The van der Waals surface area contributed by atoms with Crippen molar-refractivity contribution >= 4 is 77.9 Å². The van der Waals surface area contributed by atoms with Gasteiger partial charge >= 0.3 is 5.97 Å². The molecule has 19 heteroatoms. The lowest BCUT2D eigenvalue weighted by atomic mass is 10.1. The molecule has 1 aromatic heterocycles. The number of aromatic nitrogens is 2. The molecule has 1 aliphatic heterocycles. The summed E-state index contributed by atoms with van der Waals surface area (Å²) in [6, 6.07) is 6.99. The summed E-state index contributed by atoms with van der Waals surface area (Å²) in [7, 11) is -5.39. The van der Waals surface area contributed by atoms with Gasteiger partial charge in [0.2, 0.25) is 0 Å². The Hall–Kier alpha value is -3.26. The maximum atomic E-state index is 12.6. The van der Waals surface area contributed by atoms with Gasteiger partial charge in [0.15, 0.2) is 11.0 Å². The molecule has 0 amide bonds. The summed E-state index contributed by atoms with van der Waals surface area (Å²) in [5.74, 6) is 0.106. The summed E-state index contributed by atoms with van der Waals surface area (Å²) in [6.07, 6.45) is 5.90. The van der Waals surface area contributed by atoms with Crippen molar-refractivity contribution in [1.82, 2.24) is 10.0 Å². The third-order valence-electron chi connectivity index (χ3n) is 8.23. The highest BCUT2D eigenvalue weighted by molar-refractivity contribution is 7.86. The zero-order valence-electron chi connectivity index (χ0n) is 29.6. The van der Waals surface area contributed by atoms with Gasteiger partial charge in [0.05, 0.1) is 60.8 Å². The molecule has 3 aromatic rings. The molecule has 2 heterocycles. The summed E-state index contributed by atoms with van der Waals surface area (Å²) in [4.78, 5) is 26.5.